The molecule has 3 N–H and O–H groups in total. The first kappa shape index (κ1) is 12.2. The average Bonchev–Trinajstić information content (AvgIpc) is 2.44. The van der Waals surface area contributed by atoms with Gasteiger partial charge in [-0.3, -0.25) is 0 Å². The number of anilines is 1. The minimum atomic E-state index is 0.169. The lowest BCUT2D eigenvalue weighted by Crippen LogP contribution is -2.69. The molecule has 1 aromatic heterocycles. The monoisotopic (exact) mass is 266 g/mol. The van der Waals surface area contributed by atoms with Gasteiger partial charge in [0, 0.05) is 24.6 Å². The van der Waals surface area contributed by atoms with Crippen LogP contribution in [0.4, 0.5) is 5.82 Å². The molecule has 2 aliphatic rings. The molecule has 1 saturated carbocycles. The van der Waals surface area contributed by atoms with Crippen LogP contribution in [0.5, 0.6) is 0 Å². The van der Waals surface area contributed by atoms with Gasteiger partial charge in [-0.05, 0) is 19.1 Å². The van der Waals surface area contributed by atoms with E-state index in [1.807, 2.05) is 12.3 Å². The van der Waals surface area contributed by atoms with E-state index in [9.17, 15) is 0 Å². The zero-order valence-electron chi connectivity index (χ0n) is 10.4. The first-order chi connectivity index (χ1) is 8.79. The van der Waals surface area contributed by atoms with Crippen LogP contribution < -0.4 is 11.1 Å². The molecule has 1 aliphatic carbocycles. The Hall–Kier alpha value is -0.850. The molecule has 0 spiro atoms. The third-order valence-electron chi connectivity index (χ3n) is 3.84. The predicted octanol–water partition coefficient (Wildman–Crippen LogP) is 1.12. The molecule has 0 amide bonds. The minimum Gasteiger partial charge on any atom is -0.376 e. The largest absolute Gasteiger partial charge is 0.376 e. The Morgan fingerprint density at radius 2 is 2.39 bits per heavy atom. The van der Waals surface area contributed by atoms with Crippen molar-refractivity contribution >= 4 is 17.6 Å². The van der Waals surface area contributed by atoms with E-state index in [1.54, 1.807) is 18.1 Å². The van der Waals surface area contributed by atoms with Gasteiger partial charge in [-0.1, -0.05) is 0 Å². The fourth-order valence-electron chi connectivity index (χ4n) is 2.83. The molecule has 0 aromatic carbocycles. The van der Waals surface area contributed by atoms with Crippen molar-refractivity contribution in [3.8, 4) is 0 Å². The molecule has 0 bridgehead atoms. The van der Waals surface area contributed by atoms with Crippen molar-refractivity contribution < 1.29 is 4.74 Å². The van der Waals surface area contributed by atoms with Gasteiger partial charge in [0.1, 0.15) is 17.2 Å². The van der Waals surface area contributed by atoms with Gasteiger partial charge in [-0.15, -0.1) is 11.8 Å². The SMILES string of the molecule is CSc1cc(NC2C(N)C3CCCOC32)ncn1. The van der Waals surface area contributed by atoms with Crippen LogP contribution in [0.1, 0.15) is 12.8 Å². The molecule has 2 heterocycles. The van der Waals surface area contributed by atoms with Crippen LogP contribution in [0.15, 0.2) is 17.4 Å². The standard InChI is InChI=1S/C12H18N4OS/c1-18-9-5-8(14-6-15-9)16-11-10(13)7-3-2-4-17-12(7)11/h5-7,10-12H,2-4,13H2,1H3,(H,14,15,16). The summed E-state index contributed by atoms with van der Waals surface area (Å²) in [4.78, 5) is 8.39. The van der Waals surface area contributed by atoms with Crippen molar-refractivity contribution in [1.29, 1.82) is 0 Å². The molecule has 3 rings (SSSR count). The maximum Gasteiger partial charge on any atom is 0.130 e. The Morgan fingerprint density at radius 1 is 1.50 bits per heavy atom. The predicted molar refractivity (Wildman–Crippen MR) is 71.7 cm³/mol. The lowest BCUT2D eigenvalue weighted by molar-refractivity contribution is -0.104. The third kappa shape index (κ3) is 2.08. The molecule has 0 radical (unpaired) electrons. The summed E-state index contributed by atoms with van der Waals surface area (Å²) >= 11 is 1.61. The summed E-state index contributed by atoms with van der Waals surface area (Å²) in [5.74, 6) is 1.35. The molecule has 4 unspecified atom stereocenters. The summed E-state index contributed by atoms with van der Waals surface area (Å²) in [5, 5.41) is 4.35. The average molecular weight is 266 g/mol. The van der Waals surface area contributed by atoms with E-state index in [1.165, 1.54) is 6.42 Å². The Labute approximate surface area is 111 Å². The van der Waals surface area contributed by atoms with Crippen LogP contribution in [0.2, 0.25) is 0 Å². The molecular weight excluding hydrogens is 248 g/mol. The van der Waals surface area contributed by atoms with Crippen molar-refractivity contribution in [3.63, 3.8) is 0 Å². The number of hydrogen-bond acceptors (Lipinski definition) is 6. The maximum absolute atomic E-state index is 6.20. The quantitative estimate of drug-likeness (QED) is 0.631. The second-order valence-electron chi connectivity index (χ2n) is 4.83. The van der Waals surface area contributed by atoms with E-state index < -0.39 is 0 Å². The summed E-state index contributed by atoms with van der Waals surface area (Å²) in [5.41, 5.74) is 6.20. The molecular formula is C12H18N4OS. The first-order valence-corrected chi connectivity index (χ1v) is 7.52. The Kier molecular flexibility index (Phi) is 3.41. The molecule has 1 aliphatic heterocycles. The molecule has 4 atom stereocenters. The van der Waals surface area contributed by atoms with Gasteiger partial charge < -0.3 is 15.8 Å². The zero-order chi connectivity index (χ0) is 12.5. The van der Waals surface area contributed by atoms with E-state index >= 15 is 0 Å². The van der Waals surface area contributed by atoms with Crippen LogP contribution in [-0.2, 0) is 4.74 Å². The highest BCUT2D eigenvalue weighted by Gasteiger charge is 2.50. The number of fused-ring (bicyclic) bond motifs is 1. The molecule has 2 fully saturated rings. The Bertz CT molecular complexity index is 430. The van der Waals surface area contributed by atoms with Crippen LogP contribution >= 0.6 is 11.8 Å². The van der Waals surface area contributed by atoms with Crippen molar-refractivity contribution in [2.75, 3.05) is 18.2 Å². The highest BCUT2D eigenvalue weighted by Crippen LogP contribution is 2.38. The highest BCUT2D eigenvalue weighted by molar-refractivity contribution is 7.98. The molecule has 1 aromatic rings. The number of ether oxygens (including phenoxy) is 1. The van der Waals surface area contributed by atoms with E-state index in [-0.39, 0.29) is 18.2 Å². The summed E-state index contributed by atoms with van der Waals surface area (Å²) < 4.78 is 5.80. The van der Waals surface area contributed by atoms with Gasteiger partial charge in [0.05, 0.1) is 12.1 Å². The van der Waals surface area contributed by atoms with Crippen molar-refractivity contribution in [1.82, 2.24) is 9.97 Å². The maximum atomic E-state index is 6.20. The number of nitrogens with zero attached hydrogens (tertiary/aromatic N) is 2. The molecule has 6 heteroatoms. The van der Waals surface area contributed by atoms with Gasteiger partial charge in [-0.25, -0.2) is 9.97 Å². The highest BCUT2D eigenvalue weighted by atomic mass is 32.2. The Balaban J connectivity index is 1.68. The van der Waals surface area contributed by atoms with Crippen LogP contribution in [0.25, 0.3) is 0 Å². The number of nitrogens with two attached hydrogens (primary N) is 1. The molecule has 98 valence electrons. The van der Waals surface area contributed by atoms with Crippen molar-refractivity contribution in [3.05, 3.63) is 12.4 Å². The molecule has 18 heavy (non-hydrogen) atoms. The summed E-state index contributed by atoms with van der Waals surface area (Å²) in [6.07, 6.45) is 6.15. The topological polar surface area (TPSA) is 73.1 Å². The van der Waals surface area contributed by atoms with Crippen LogP contribution in [0, 0.1) is 5.92 Å². The zero-order valence-corrected chi connectivity index (χ0v) is 11.2. The van der Waals surface area contributed by atoms with Crippen molar-refractivity contribution in [2.24, 2.45) is 11.7 Å². The second kappa shape index (κ2) is 5.03. The lowest BCUT2D eigenvalue weighted by Gasteiger charge is -2.52. The van der Waals surface area contributed by atoms with E-state index in [0.717, 1.165) is 23.9 Å². The number of thioether (sulfide) groups is 1. The lowest BCUT2D eigenvalue weighted by atomic mass is 9.68. The fraction of sp³-hybridized carbons (Fsp3) is 0.667. The molecule has 5 nitrogen and oxygen atoms in total. The third-order valence-corrected chi connectivity index (χ3v) is 4.48. The normalized spacial score (nSPS) is 34.6. The number of aromatic nitrogens is 2. The van der Waals surface area contributed by atoms with Gasteiger partial charge in [0.15, 0.2) is 0 Å². The minimum absolute atomic E-state index is 0.169. The smallest absolute Gasteiger partial charge is 0.130 e. The van der Waals surface area contributed by atoms with Gasteiger partial charge >= 0.3 is 0 Å². The summed E-state index contributed by atoms with van der Waals surface area (Å²) in [7, 11) is 0. The van der Waals surface area contributed by atoms with Crippen LogP contribution in [-0.4, -0.2) is 41.0 Å². The van der Waals surface area contributed by atoms with Gasteiger partial charge in [-0.2, -0.15) is 0 Å². The van der Waals surface area contributed by atoms with E-state index in [0.29, 0.717) is 5.92 Å². The fourth-order valence-corrected chi connectivity index (χ4v) is 3.21. The van der Waals surface area contributed by atoms with Crippen molar-refractivity contribution in [2.45, 2.75) is 36.1 Å². The summed E-state index contributed by atoms with van der Waals surface area (Å²) in [6.45, 7) is 0.853. The van der Waals surface area contributed by atoms with Gasteiger partial charge in [0.25, 0.3) is 0 Å². The number of hydrogen-bond donors (Lipinski definition) is 2. The first-order valence-electron chi connectivity index (χ1n) is 6.29. The number of rotatable bonds is 3. The molecule has 1 saturated heterocycles. The van der Waals surface area contributed by atoms with Crippen LogP contribution in [0.3, 0.4) is 0 Å². The Morgan fingerprint density at radius 3 is 3.22 bits per heavy atom. The van der Waals surface area contributed by atoms with E-state index in [4.69, 9.17) is 10.5 Å². The summed E-state index contributed by atoms with van der Waals surface area (Å²) in [6, 6.07) is 2.30. The second-order valence-corrected chi connectivity index (χ2v) is 5.66. The van der Waals surface area contributed by atoms with Gasteiger partial charge in [0.2, 0.25) is 0 Å². The van der Waals surface area contributed by atoms with E-state index in [2.05, 4.69) is 15.3 Å². The number of nitrogens with one attached hydrogen (secondary N) is 1.